The average molecular weight is 485 g/mol. The number of fused-ring (bicyclic) bond motifs is 1. The fraction of sp³-hybridized carbons (Fsp3) is 0.250. The largest absolute Gasteiger partial charge is 0.350 e. The van der Waals surface area contributed by atoms with Crippen molar-refractivity contribution < 1.29 is 9.59 Å². The van der Waals surface area contributed by atoms with E-state index in [0.717, 1.165) is 16.1 Å². The Kier molecular flexibility index (Phi) is 6.03. The second-order valence-corrected chi connectivity index (χ2v) is 10.3. The molecule has 0 unspecified atom stereocenters. The van der Waals surface area contributed by atoms with Crippen LogP contribution in [-0.2, 0) is 17.9 Å². The summed E-state index contributed by atoms with van der Waals surface area (Å²) in [6, 6.07) is 23.5. The molecular weight excluding hydrogens is 456 g/mol. The summed E-state index contributed by atoms with van der Waals surface area (Å²) in [6.07, 6.45) is 0. The smallest absolute Gasteiger partial charge is 0.277 e. The van der Waals surface area contributed by atoms with Crippen LogP contribution in [0, 0.1) is 0 Å². The molecule has 1 atom stereocenters. The Morgan fingerprint density at radius 2 is 1.83 bits per heavy atom. The first-order valence-corrected chi connectivity index (χ1v) is 12.6. The molecule has 2 aromatic heterocycles. The minimum atomic E-state index is -1.16. The molecule has 3 heterocycles. The number of benzene rings is 2. The van der Waals surface area contributed by atoms with Gasteiger partial charge < -0.3 is 5.32 Å². The molecule has 1 aliphatic rings. The van der Waals surface area contributed by atoms with Gasteiger partial charge in [-0.2, -0.15) is 5.10 Å². The van der Waals surface area contributed by atoms with Crippen molar-refractivity contribution in [1.29, 1.82) is 0 Å². The summed E-state index contributed by atoms with van der Waals surface area (Å²) in [4.78, 5) is 30.2. The second-order valence-electron chi connectivity index (χ2n) is 9.38. The Labute approximate surface area is 209 Å². The normalized spacial score (nSPS) is 17.5. The van der Waals surface area contributed by atoms with Crippen molar-refractivity contribution in [1.82, 2.24) is 15.1 Å². The number of carbonyl (C=O) groups is 2. The molecular formula is C28H28N4O2S. The van der Waals surface area contributed by atoms with Gasteiger partial charge in [-0.05, 0) is 53.6 Å². The van der Waals surface area contributed by atoms with E-state index < -0.39 is 5.54 Å². The lowest BCUT2D eigenvalue weighted by atomic mass is 9.93. The van der Waals surface area contributed by atoms with Crippen LogP contribution in [0.3, 0.4) is 0 Å². The van der Waals surface area contributed by atoms with E-state index in [4.69, 9.17) is 5.10 Å². The maximum atomic E-state index is 13.9. The third-order valence-electron chi connectivity index (χ3n) is 6.53. The molecule has 7 heteroatoms. The number of amides is 2. The average Bonchev–Trinajstić information content (AvgIpc) is 3.54. The van der Waals surface area contributed by atoms with Crippen LogP contribution in [0.5, 0.6) is 0 Å². The van der Waals surface area contributed by atoms with Crippen LogP contribution >= 0.6 is 11.3 Å². The van der Waals surface area contributed by atoms with E-state index in [-0.39, 0.29) is 18.4 Å². The van der Waals surface area contributed by atoms with E-state index in [2.05, 4.69) is 19.2 Å². The van der Waals surface area contributed by atoms with Crippen LogP contribution in [0.15, 0.2) is 78.2 Å². The Morgan fingerprint density at radius 3 is 2.49 bits per heavy atom. The highest BCUT2D eigenvalue weighted by Gasteiger charge is 2.48. The van der Waals surface area contributed by atoms with Crippen LogP contribution in [-0.4, -0.2) is 27.1 Å². The van der Waals surface area contributed by atoms with Crippen molar-refractivity contribution in [2.45, 2.75) is 45.3 Å². The van der Waals surface area contributed by atoms with Crippen LogP contribution in [0.1, 0.15) is 48.3 Å². The monoisotopic (exact) mass is 484 g/mol. The lowest BCUT2D eigenvalue weighted by molar-refractivity contribution is -0.126. The van der Waals surface area contributed by atoms with Gasteiger partial charge in [0.05, 0.1) is 11.4 Å². The number of aromatic nitrogens is 2. The van der Waals surface area contributed by atoms with E-state index >= 15 is 0 Å². The maximum Gasteiger partial charge on any atom is 0.277 e. The summed E-state index contributed by atoms with van der Waals surface area (Å²) in [7, 11) is 0. The van der Waals surface area contributed by atoms with E-state index in [1.54, 1.807) is 20.9 Å². The highest BCUT2D eigenvalue weighted by atomic mass is 32.1. The molecule has 0 saturated heterocycles. The van der Waals surface area contributed by atoms with Crippen LogP contribution < -0.4 is 10.2 Å². The molecule has 0 saturated carbocycles. The van der Waals surface area contributed by atoms with Crippen molar-refractivity contribution in [2.24, 2.45) is 0 Å². The summed E-state index contributed by atoms with van der Waals surface area (Å²) >= 11 is 1.57. The number of hydrogen-bond acceptors (Lipinski definition) is 4. The number of hydrogen-bond donors (Lipinski definition) is 1. The van der Waals surface area contributed by atoms with E-state index in [1.807, 2.05) is 85.1 Å². The minimum Gasteiger partial charge on any atom is -0.350 e. The molecule has 4 aromatic rings. The summed E-state index contributed by atoms with van der Waals surface area (Å²) in [6.45, 7) is 6.72. The van der Waals surface area contributed by atoms with E-state index in [0.29, 0.717) is 23.8 Å². The standard InChI is InChI=1S/C28H28N4O2S/c1-19(2)21-11-13-22(14-12-21)32-26(33)24-16-23(25-10-7-15-35-25)30-31(24)18-28(32,3)27(34)29-17-20-8-5-4-6-9-20/h4-16,19H,17-18H2,1-3H3,(H,29,34)/t28-/m1/s1. The molecule has 0 fully saturated rings. The van der Waals surface area contributed by atoms with Crippen molar-refractivity contribution >= 4 is 28.8 Å². The molecule has 178 valence electrons. The SMILES string of the molecule is CC(C)c1ccc(N2C(=O)c3cc(-c4cccs4)nn3C[C@]2(C)C(=O)NCc2ccccc2)cc1. The van der Waals surface area contributed by atoms with Crippen molar-refractivity contribution in [3.63, 3.8) is 0 Å². The molecule has 0 spiro atoms. The van der Waals surface area contributed by atoms with Gasteiger partial charge in [0.2, 0.25) is 5.91 Å². The van der Waals surface area contributed by atoms with Gasteiger partial charge in [-0.1, -0.05) is 62.4 Å². The summed E-state index contributed by atoms with van der Waals surface area (Å²) in [5.41, 5.74) is 2.94. The fourth-order valence-corrected chi connectivity index (χ4v) is 5.19. The van der Waals surface area contributed by atoms with Gasteiger partial charge in [-0.25, -0.2) is 0 Å². The fourth-order valence-electron chi connectivity index (χ4n) is 4.51. The molecule has 5 rings (SSSR count). The third-order valence-corrected chi connectivity index (χ3v) is 7.42. The minimum absolute atomic E-state index is 0.221. The van der Waals surface area contributed by atoms with E-state index in [1.165, 1.54) is 5.56 Å². The van der Waals surface area contributed by atoms with Crippen molar-refractivity contribution in [2.75, 3.05) is 4.90 Å². The first kappa shape index (κ1) is 23.1. The Morgan fingerprint density at radius 1 is 1.09 bits per heavy atom. The molecule has 2 amide bonds. The Balaban J connectivity index is 1.54. The van der Waals surface area contributed by atoms with Gasteiger partial charge in [0.1, 0.15) is 16.9 Å². The Hall–Kier alpha value is -3.71. The number of rotatable bonds is 6. The molecule has 0 radical (unpaired) electrons. The van der Waals surface area contributed by atoms with Crippen LogP contribution in [0.25, 0.3) is 10.6 Å². The molecule has 1 aliphatic heterocycles. The van der Waals surface area contributed by atoms with Crippen molar-refractivity contribution in [3.8, 4) is 10.6 Å². The number of carbonyl (C=O) groups excluding carboxylic acids is 2. The first-order valence-electron chi connectivity index (χ1n) is 11.8. The summed E-state index contributed by atoms with van der Waals surface area (Å²) in [5, 5.41) is 9.74. The first-order chi connectivity index (χ1) is 16.9. The third kappa shape index (κ3) is 4.28. The van der Waals surface area contributed by atoms with E-state index in [9.17, 15) is 9.59 Å². The molecule has 2 aromatic carbocycles. The zero-order valence-corrected chi connectivity index (χ0v) is 20.9. The number of nitrogens with zero attached hydrogens (tertiary/aromatic N) is 3. The van der Waals surface area contributed by atoms with Crippen LogP contribution in [0.2, 0.25) is 0 Å². The van der Waals surface area contributed by atoms with Crippen LogP contribution in [0.4, 0.5) is 5.69 Å². The maximum absolute atomic E-state index is 13.9. The van der Waals surface area contributed by atoms with Crippen molar-refractivity contribution in [3.05, 3.63) is 95.0 Å². The van der Waals surface area contributed by atoms with Gasteiger partial charge in [-0.15, -0.1) is 11.3 Å². The molecule has 35 heavy (non-hydrogen) atoms. The zero-order valence-electron chi connectivity index (χ0n) is 20.1. The quantitative estimate of drug-likeness (QED) is 0.395. The lowest BCUT2D eigenvalue weighted by Gasteiger charge is -2.43. The molecule has 1 N–H and O–H groups in total. The second kappa shape index (κ2) is 9.15. The topological polar surface area (TPSA) is 67.2 Å². The molecule has 0 bridgehead atoms. The highest BCUT2D eigenvalue weighted by Crippen LogP contribution is 2.35. The lowest BCUT2D eigenvalue weighted by Crippen LogP contribution is -2.64. The Bertz CT molecular complexity index is 1340. The van der Waals surface area contributed by atoms with Gasteiger partial charge in [0.15, 0.2) is 0 Å². The summed E-state index contributed by atoms with van der Waals surface area (Å²) in [5.74, 6) is -0.0841. The highest BCUT2D eigenvalue weighted by molar-refractivity contribution is 7.13. The van der Waals surface area contributed by atoms with Gasteiger partial charge in [0.25, 0.3) is 5.91 Å². The number of thiophene rings is 1. The molecule has 6 nitrogen and oxygen atoms in total. The predicted molar refractivity (Wildman–Crippen MR) is 140 cm³/mol. The molecule has 0 aliphatic carbocycles. The number of anilines is 1. The van der Waals surface area contributed by atoms with Gasteiger partial charge in [0, 0.05) is 12.2 Å². The van der Waals surface area contributed by atoms with Gasteiger partial charge >= 0.3 is 0 Å². The summed E-state index contributed by atoms with van der Waals surface area (Å²) < 4.78 is 1.68. The zero-order chi connectivity index (χ0) is 24.6. The van der Waals surface area contributed by atoms with Gasteiger partial charge in [-0.3, -0.25) is 19.2 Å². The predicted octanol–water partition coefficient (Wildman–Crippen LogP) is 5.47. The number of nitrogens with one attached hydrogen (secondary N) is 1.